The van der Waals surface area contributed by atoms with E-state index in [9.17, 15) is 8.78 Å². The first kappa shape index (κ1) is 28.8. The Morgan fingerprint density at radius 3 is 2.13 bits per heavy atom. The van der Waals surface area contributed by atoms with E-state index < -0.39 is 11.6 Å². The highest BCUT2D eigenvalue weighted by Crippen LogP contribution is 2.42. The van der Waals surface area contributed by atoms with Crippen LogP contribution in [0.25, 0.3) is 11.1 Å². The van der Waals surface area contributed by atoms with Gasteiger partial charge >= 0.3 is 0 Å². The molecule has 0 heterocycles. The molecule has 38 heavy (non-hydrogen) atoms. The van der Waals surface area contributed by atoms with Crippen molar-refractivity contribution in [3.05, 3.63) is 65.7 Å². The molecule has 0 N–H and O–H groups in total. The number of benzene rings is 2. The van der Waals surface area contributed by atoms with E-state index in [1.807, 2.05) is 24.3 Å². The van der Waals surface area contributed by atoms with Crippen molar-refractivity contribution < 1.29 is 13.5 Å². The van der Waals surface area contributed by atoms with Gasteiger partial charge in [0.2, 0.25) is 5.82 Å². The second kappa shape index (κ2) is 14.8. The molecule has 2 aliphatic carbocycles. The summed E-state index contributed by atoms with van der Waals surface area (Å²) in [5.41, 5.74) is 2.18. The zero-order valence-corrected chi connectivity index (χ0v) is 23.7. The van der Waals surface area contributed by atoms with Crippen LogP contribution in [0.3, 0.4) is 0 Å². The van der Waals surface area contributed by atoms with Crippen LogP contribution < -0.4 is 4.74 Å². The minimum Gasteiger partial charge on any atom is -0.491 e. The first-order valence-electron chi connectivity index (χ1n) is 15.5. The Labute approximate surface area is 230 Å². The molecule has 2 saturated carbocycles. The molecule has 0 spiro atoms. The summed E-state index contributed by atoms with van der Waals surface area (Å²) in [5, 5.41) is 0. The fraction of sp³-hybridized carbons (Fsp3) is 0.600. The summed E-state index contributed by atoms with van der Waals surface area (Å²) in [6.07, 6.45) is 24.0. The standard InChI is InChI=1S/C35H48F2O/c1-3-5-6-9-26-12-18-29(19-13-26)30-20-14-27(15-21-30)10-7-8-11-28-16-22-31(23-17-28)32-24-25-33(38-4-2)35(37)34(32)36/h7,10,16-17,22-27,29-30H,3-6,8-9,11-15,18-21H2,1-2H3/b10-7+. The molecule has 208 valence electrons. The van der Waals surface area contributed by atoms with Crippen molar-refractivity contribution in [3.63, 3.8) is 0 Å². The van der Waals surface area contributed by atoms with E-state index in [4.69, 9.17) is 4.74 Å². The maximum absolute atomic E-state index is 14.5. The fourth-order valence-corrected chi connectivity index (χ4v) is 6.85. The number of ether oxygens (including phenoxy) is 1. The lowest BCUT2D eigenvalue weighted by atomic mass is 9.68. The average Bonchev–Trinajstić information content (AvgIpc) is 2.95. The van der Waals surface area contributed by atoms with Crippen LogP contribution in [-0.2, 0) is 6.42 Å². The number of unbranched alkanes of at least 4 members (excludes halogenated alkanes) is 2. The van der Waals surface area contributed by atoms with Crippen molar-refractivity contribution in [1.82, 2.24) is 0 Å². The summed E-state index contributed by atoms with van der Waals surface area (Å²) >= 11 is 0. The van der Waals surface area contributed by atoms with Crippen molar-refractivity contribution in [1.29, 1.82) is 0 Å². The summed E-state index contributed by atoms with van der Waals surface area (Å²) < 4.78 is 33.9. The molecule has 0 atom stereocenters. The molecule has 2 fully saturated rings. The Morgan fingerprint density at radius 2 is 1.47 bits per heavy atom. The van der Waals surface area contributed by atoms with Gasteiger partial charge in [-0.05, 0) is 105 Å². The minimum atomic E-state index is -0.919. The number of rotatable bonds is 12. The van der Waals surface area contributed by atoms with Gasteiger partial charge in [0.15, 0.2) is 11.6 Å². The van der Waals surface area contributed by atoms with Crippen molar-refractivity contribution >= 4 is 0 Å². The van der Waals surface area contributed by atoms with Crippen LogP contribution in [0.4, 0.5) is 8.78 Å². The van der Waals surface area contributed by atoms with Crippen LogP contribution in [-0.4, -0.2) is 6.61 Å². The van der Waals surface area contributed by atoms with Gasteiger partial charge in [-0.25, -0.2) is 4.39 Å². The predicted molar refractivity (Wildman–Crippen MR) is 155 cm³/mol. The third-order valence-electron chi connectivity index (χ3n) is 9.21. The van der Waals surface area contributed by atoms with E-state index >= 15 is 0 Å². The van der Waals surface area contributed by atoms with Crippen molar-refractivity contribution in [3.8, 4) is 16.9 Å². The van der Waals surface area contributed by atoms with E-state index in [0.29, 0.717) is 12.2 Å². The van der Waals surface area contributed by atoms with E-state index in [0.717, 1.165) is 36.5 Å². The van der Waals surface area contributed by atoms with E-state index in [-0.39, 0.29) is 11.3 Å². The number of allylic oxidation sites excluding steroid dienone is 2. The van der Waals surface area contributed by atoms with Gasteiger partial charge in [0.05, 0.1) is 6.61 Å². The number of hydrogen-bond donors (Lipinski definition) is 0. The minimum absolute atomic E-state index is 0.0362. The van der Waals surface area contributed by atoms with Crippen LogP contribution >= 0.6 is 0 Å². The molecule has 0 bridgehead atoms. The van der Waals surface area contributed by atoms with Gasteiger partial charge in [0, 0.05) is 5.56 Å². The lowest BCUT2D eigenvalue weighted by Crippen LogP contribution is -2.25. The normalized spacial score (nSPS) is 24.1. The number of halogens is 2. The molecule has 0 aliphatic heterocycles. The fourth-order valence-electron chi connectivity index (χ4n) is 6.85. The Balaban J connectivity index is 1.16. The Kier molecular flexibility index (Phi) is 11.3. The third kappa shape index (κ3) is 7.93. The van der Waals surface area contributed by atoms with Gasteiger partial charge in [0.25, 0.3) is 0 Å². The SMILES string of the molecule is CCCCCC1CCC(C2CCC(/C=C/CCc3ccc(-c4ccc(OCC)c(F)c4F)cc3)CC2)CC1. The van der Waals surface area contributed by atoms with Crippen molar-refractivity contribution in [2.45, 2.75) is 104 Å². The van der Waals surface area contributed by atoms with Gasteiger partial charge in [-0.2, -0.15) is 4.39 Å². The Bertz CT molecular complexity index is 995. The molecule has 0 aromatic heterocycles. The van der Waals surface area contributed by atoms with E-state index in [2.05, 4.69) is 19.1 Å². The van der Waals surface area contributed by atoms with Crippen LogP contribution in [0.5, 0.6) is 5.75 Å². The highest BCUT2D eigenvalue weighted by atomic mass is 19.2. The zero-order chi connectivity index (χ0) is 26.7. The van der Waals surface area contributed by atoms with E-state index in [1.54, 1.807) is 13.0 Å². The summed E-state index contributed by atoms with van der Waals surface area (Å²) in [6.45, 7) is 4.37. The van der Waals surface area contributed by atoms with Gasteiger partial charge in [-0.15, -0.1) is 0 Å². The first-order valence-corrected chi connectivity index (χ1v) is 15.5. The maximum atomic E-state index is 14.5. The van der Waals surface area contributed by atoms with Crippen molar-refractivity contribution in [2.75, 3.05) is 6.61 Å². The Hall–Kier alpha value is -2.16. The summed E-state index contributed by atoms with van der Waals surface area (Å²) in [7, 11) is 0. The highest BCUT2D eigenvalue weighted by molar-refractivity contribution is 5.65. The molecule has 0 amide bonds. The molecular formula is C35H48F2O. The summed E-state index contributed by atoms with van der Waals surface area (Å²) in [4.78, 5) is 0. The Morgan fingerprint density at radius 1 is 0.789 bits per heavy atom. The quantitative estimate of drug-likeness (QED) is 0.199. The average molecular weight is 523 g/mol. The second-order valence-electron chi connectivity index (χ2n) is 11.8. The largest absolute Gasteiger partial charge is 0.491 e. The predicted octanol–water partition coefficient (Wildman–Crippen LogP) is 10.7. The molecule has 2 aromatic carbocycles. The summed E-state index contributed by atoms with van der Waals surface area (Å²) in [5.74, 6) is 1.93. The topological polar surface area (TPSA) is 9.23 Å². The number of hydrogen-bond acceptors (Lipinski definition) is 1. The van der Waals surface area contributed by atoms with Gasteiger partial charge in [-0.3, -0.25) is 0 Å². The second-order valence-corrected chi connectivity index (χ2v) is 11.8. The molecule has 0 radical (unpaired) electrons. The number of aryl methyl sites for hydroxylation is 1. The molecule has 2 aromatic rings. The summed E-state index contributed by atoms with van der Waals surface area (Å²) in [6, 6.07) is 10.9. The van der Waals surface area contributed by atoms with E-state index in [1.165, 1.54) is 88.7 Å². The highest BCUT2D eigenvalue weighted by Gasteiger charge is 2.30. The molecule has 2 aliphatic rings. The van der Waals surface area contributed by atoms with Gasteiger partial charge in [-0.1, -0.05) is 81.9 Å². The smallest absolute Gasteiger partial charge is 0.201 e. The lowest BCUT2D eigenvalue weighted by Gasteiger charge is -2.37. The third-order valence-corrected chi connectivity index (χ3v) is 9.21. The van der Waals surface area contributed by atoms with Crippen LogP contribution in [0.1, 0.15) is 103 Å². The molecule has 3 heteroatoms. The lowest BCUT2D eigenvalue weighted by molar-refractivity contribution is 0.151. The van der Waals surface area contributed by atoms with Gasteiger partial charge < -0.3 is 4.74 Å². The maximum Gasteiger partial charge on any atom is 0.201 e. The van der Waals surface area contributed by atoms with Crippen molar-refractivity contribution in [2.24, 2.45) is 23.7 Å². The molecule has 0 unspecified atom stereocenters. The molecule has 4 rings (SSSR count). The van der Waals surface area contributed by atoms with Crippen LogP contribution in [0.15, 0.2) is 48.6 Å². The monoisotopic (exact) mass is 522 g/mol. The molecular weight excluding hydrogens is 474 g/mol. The van der Waals surface area contributed by atoms with Crippen LogP contribution in [0.2, 0.25) is 0 Å². The molecule has 0 saturated heterocycles. The zero-order valence-electron chi connectivity index (χ0n) is 23.7. The van der Waals surface area contributed by atoms with Gasteiger partial charge in [0.1, 0.15) is 0 Å². The molecule has 1 nitrogen and oxygen atoms in total. The van der Waals surface area contributed by atoms with Crippen LogP contribution in [0, 0.1) is 35.3 Å². The first-order chi connectivity index (χ1) is 18.6.